The first-order chi connectivity index (χ1) is 9.54. The van der Waals surface area contributed by atoms with Gasteiger partial charge in [0.1, 0.15) is 5.54 Å². The molecule has 3 unspecified atom stereocenters. The largest absolute Gasteiger partial charge is 0.340 e. The molecule has 1 N–H and O–H groups in total. The van der Waals surface area contributed by atoms with E-state index in [9.17, 15) is 9.59 Å². The summed E-state index contributed by atoms with van der Waals surface area (Å²) in [6, 6.07) is 0.283. The summed E-state index contributed by atoms with van der Waals surface area (Å²) in [6.07, 6.45) is 7.93. The van der Waals surface area contributed by atoms with Crippen LogP contribution < -0.4 is 5.32 Å². The van der Waals surface area contributed by atoms with E-state index in [1.165, 1.54) is 19.3 Å². The molecule has 1 heterocycles. The highest BCUT2D eigenvalue weighted by molar-refractivity contribution is 5.98. The molecular weight excluding hydrogens is 252 g/mol. The number of amides is 2. The summed E-state index contributed by atoms with van der Waals surface area (Å²) in [5.74, 6) is 1.27. The fourth-order valence-corrected chi connectivity index (χ4v) is 4.06. The van der Waals surface area contributed by atoms with Crippen LogP contribution in [0.4, 0.5) is 0 Å². The third kappa shape index (κ3) is 2.33. The van der Waals surface area contributed by atoms with Gasteiger partial charge in [0.2, 0.25) is 11.8 Å². The molecule has 0 aromatic rings. The van der Waals surface area contributed by atoms with Crippen molar-refractivity contribution in [3.63, 3.8) is 0 Å². The van der Waals surface area contributed by atoms with Gasteiger partial charge in [0.25, 0.3) is 0 Å². The van der Waals surface area contributed by atoms with Gasteiger partial charge < -0.3 is 10.2 Å². The third-order valence-corrected chi connectivity index (χ3v) is 5.59. The van der Waals surface area contributed by atoms with Gasteiger partial charge in [-0.25, -0.2) is 0 Å². The van der Waals surface area contributed by atoms with Crippen LogP contribution in [0.25, 0.3) is 0 Å². The lowest BCUT2D eigenvalue weighted by Crippen LogP contribution is -2.68. The molecular formula is C16H26N2O2. The van der Waals surface area contributed by atoms with Crippen LogP contribution in [-0.2, 0) is 9.59 Å². The van der Waals surface area contributed by atoms with E-state index in [1.807, 2.05) is 11.8 Å². The van der Waals surface area contributed by atoms with Crippen LogP contribution in [0.1, 0.15) is 58.8 Å². The molecule has 112 valence electrons. The molecule has 2 aliphatic carbocycles. The normalized spacial score (nSPS) is 38.8. The molecule has 2 saturated carbocycles. The van der Waals surface area contributed by atoms with Crippen molar-refractivity contribution in [1.82, 2.24) is 10.2 Å². The van der Waals surface area contributed by atoms with E-state index < -0.39 is 5.54 Å². The Morgan fingerprint density at radius 3 is 2.65 bits per heavy atom. The molecule has 3 rings (SSSR count). The summed E-state index contributed by atoms with van der Waals surface area (Å²) in [6.45, 7) is 4.42. The first-order valence-corrected chi connectivity index (χ1v) is 8.16. The minimum atomic E-state index is -0.630. The van der Waals surface area contributed by atoms with E-state index >= 15 is 0 Å². The molecule has 3 aliphatic rings. The third-order valence-electron chi connectivity index (χ3n) is 5.59. The van der Waals surface area contributed by atoms with Crippen LogP contribution in [0.2, 0.25) is 0 Å². The van der Waals surface area contributed by atoms with E-state index in [0.29, 0.717) is 5.92 Å². The van der Waals surface area contributed by atoms with Gasteiger partial charge in [0, 0.05) is 6.04 Å². The molecule has 0 spiro atoms. The summed E-state index contributed by atoms with van der Waals surface area (Å²) in [5, 5.41) is 2.97. The average Bonchev–Trinajstić information content (AvgIpc) is 3.28. The summed E-state index contributed by atoms with van der Waals surface area (Å²) < 4.78 is 0. The lowest BCUT2D eigenvalue weighted by Gasteiger charge is -2.45. The Morgan fingerprint density at radius 2 is 2.00 bits per heavy atom. The Morgan fingerprint density at radius 1 is 1.25 bits per heavy atom. The molecule has 3 fully saturated rings. The van der Waals surface area contributed by atoms with Crippen molar-refractivity contribution in [3.05, 3.63) is 0 Å². The molecule has 0 bridgehead atoms. The quantitative estimate of drug-likeness (QED) is 0.859. The van der Waals surface area contributed by atoms with Crippen molar-refractivity contribution in [2.75, 3.05) is 6.54 Å². The Hall–Kier alpha value is -1.06. The van der Waals surface area contributed by atoms with Crippen LogP contribution in [0.15, 0.2) is 0 Å². The van der Waals surface area contributed by atoms with Crippen molar-refractivity contribution in [3.8, 4) is 0 Å². The standard InChI is InChI=1S/C16H26N2O2/c1-3-11-5-4-6-13(9-11)18-10-14(19)17-16(2,15(18)20)12-7-8-12/h11-13H,3-10H2,1-2H3,(H,17,19). The number of rotatable bonds is 3. The Kier molecular flexibility index (Phi) is 3.51. The predicted octanol–water partition coefficient (Wildman–Crippen LogP) is 2.08. The maximum absolute atomic E-state index is 12.9. The van der Waals surface area contributed by atoms with E-state index in [4.69, 9.17) is 0 Å². The fourth-order valence-electron chi connectivity index (χ4n) is 4.06. The predicted molar refractivity (Wildman–Crippen MR) is 77.0 cm³/mol. The van der Waals surface area contributed by atoms with Crippen molar-refractivity contribution < 1.29 is 9.59 Å². The summed E-state index contributed by atoms with van der Waals surface area (Å²) in [4.78, 5) is 26.8. The molecule has 1 saturated heterocycles. The van der Waals surface area contributed by atoms with Crippen molar-refractivity contribution in [1.29, 1.82) is 0 Å². The number of carbonyl (C=O) groups excluding carboxylic acids is 2. The minimum Gasteiger partial charge on any atom is -0.340 e. The molecule has 0 radical (unpaired) electrons. The van der Waals surface area contributed by atoms with Crippen LogP contribution in [0.3, 0.4) is 0 Å². The highest BCUT2D eigenvalue weighted by atomic mass is 16.2. The van der Waals surface area contributed by atoms with Crippen LogP contribution in [0, 0.1) is 11.8 Å². The molecule has 1 aliphatic heterocycles. The van der Waals surface area contributed by atoms with Crippen molar-refractivity contribution >= 4 is 11.8 Å². The highest BCUT2D eigenvalue weighted by Gasteiger charge is 2.53. The maximum atomic E-state index is 12.9. The highest BCUT2D eigenvalue weighted by Crippen LogP contribution is 2.42. The molecule has 20 heavy (non-hydrogen) atoms. The van der Waals surface area contributed by atoms with E-state index in [0.717, 1.165) is 31.6 Å². The van der Waals surface area contributed by atoms with Crippen molar-refractivity contribution in [2.24, 2.45) is 11.8 Å². The number of hydrogen-bond acceptors (Lipinski definition) is 2. The van der Waals surface area contributed by atoms with Gasteiger partial charge >= 0.3 is 0 Å². The fraction of sp³-hybridized carbons (Fsp3) is 0.875. The second kappa shape index (κ2) is 5.05. The SMILES string of the molecule is CCC1CCCC(N2CC(=O)NC(C)(C3CC3)C2=O)C1. The van der Waals surface area contributed by atoms with Gasteiger partial charge in [0.15, 0.2) is 0 Å². The lowest BCUT2D eigenvalue weighted by molar-refractivity contribution is -0.153. The van der Waals surface area contributed by atoms with Crippen LogP contribution in [0.5, 0.6) is 0 Å². The zero-order chi connectivity index (χ0) is 14.3. The molecule has 2 amide bonds. The Bertz CT molecular complexity index is 419. The zero-order valence-corrected chi connectivity index (χ0v) is 12.7. The monoisotopic (exact) mass is 278 g/mol. The lowest BCUT2D eigenvalue weighted by atomic mass is 9.81. The van der Waals surface area contributed by atoms with Crippen LogP contribution in [-0.4, -0.2) is 34.8 Å². The van der Waals surface area contributed by atoms with Crippen LogP contribution >= 0.6 is 0 Å². The van der Waals surface area contributed by atoms with Gasteiger partial charge in [-0.15, -0.1) is 0 Å². The first kappa shape index (κ1) is 13.9. The molecule has 4 nitrogen and oxygen atoms in total. The number of nitrogens with zero attached hydrogens (tertiary/aromatic N) is 1. The van der Waals surface area contributed by atoms with Gasteiger partial charge in [-0.1, -0.05) is 26.2 Å². The van der Waals surface area contributed by atoms with Gasteiger partial charge in [-0.05, 0) is 44.4 Å². The van der Waals surface area contributed by atoms with E-state index in [1.54, 1.807) is 0 Å². The van der Waals surface area contributed by atoms with Crippen molar-refractivity contribution in [2.45, 2.75) is 70.4 Å². The zero-order valence-electron chi connectivity index (χ0n) is 12.7. The number of piperazine rings is 1. The van der Waals surface area contributed by atoms with Gasteiger partial charge in [0.05, 0.1) is 6.54 Å². The first-order valence-electron chi connectivity index (χ1n) is 8.16. The molecule has 0 aromatic carbocycles. The molecule has 0 aromatic heterocycles. The number of carbonyl (C=O) groups is 2. The summed E-state index contributed by atoms with van der Waals surface area (Å²) in [7, 11) is 0. The Balaban J connectivity index is 1.77. The Labute approximate surface area is 121 Å². The molecule has 4 heteroatoms. The number of nitrogens with one attached hydrogen (secondary N) is 1. The second-order valence-corrected chi connectivity index (χ2v) is 7.05. The van der Waals surface area contributed by atoms with Gasteiger partial charge in [-0.3, -0.25) is 9.59 Å². The number of hydrogen-bond donors (Lipinski definition) is 1. The smallest absolute Gasteiger partial charge is 0.249 e. The maximum Gasteiger partial charge on any atom is 0.249 e. The second-order valence-electron chi connectivity index (χ2n) is 7.05. The summed E-state index contributed by atoms with van der Waals surface area (Å²) in [5.41, 5.74) is -0.630. The molecule has 3 atom stereocenters. The van der Waals surface area contributed by atoms with Gasteiger partial charge in [-0.2, -0.15) is 0 Å². The topological polar surface area (TPSA) is 49.4 Å². The van der Waals surface area contributed by atoms with E-state index in [2.05, 4.69) is 12.2 Å². The summed E-state index contributed by atoms with van der Waals surface area (Å²) >= 11 is 0. The van der Waals surface area contributed by atoms with E-state index in [-0.39, 0.29) is 24.4 Å². The average molecular weight is 278 g/mol. The minimum absolute atomic E-state index is 0.0256.